The van der Waals surface area contributed by atoms with Gasteiger partial charge in [0.1, 0.15) is 5.56 Å². The van der Waals surface area contributed by atoms with Gasteiger partial charge >= 0.3 is 0 Å². The van der Waals surface area contributed by atoms with Crippen LogP contribution in [-0.2, 0) is 6.42 Å². The van der Waals surface area contributed by atoms with Crippen molar-refractivity contribution in [1.82, 2.24) is 9.97 Å². The van der Waals surface area contributed by atoms with Gasteiger partial charge in [0, 0.05) is 17.1 Å². The van der Waals surface area contributed by atoms with E-state index in [-0.39, 0.29) is 5.56 Å². The molecule has 6 heteroatoms. The van der Waals surface area contributed by atoms with E-state index in [4.69, 9.17) is 0 Å². The summed E-state index contributed by atoms with van der Waals surface area (Å²) >= 11 is 1.33. The second kappa shape index (κ2) is 7.23. The molecule has 122 valence electrons. The zero-order chi connectivity index (χ0) is 16.9. The number of rotatable bonds is 5. The van der Waals surface area contributed by atoms with Crippen molar-refractivity contribution in [1.29, 1.82) is 0 Å². The lowest BCUT2D eigenvalue weighted by Crippen LogP contribution is -2.22. The maximum atomic E-state index is 12.1. The van der Waals surface area contributed by atoms with Crippen LogP contribution in [0.25, 0.3) is 11.3 Å². The quantitative estimate of drug-likeness (QED) is 0.744. The highest BCUT2D eigenvalue weighted by atomic mass is 32.1. The van der Waals surface area contributed by atoms with E-state index in [1.165, 1.54) is 29.2 Å². The molecule has 1 amide bonds. The number of hydrogen-bond donors (Lipinski definition) is 2. The molecule has 0 unspecified atom stereocenters. The summed E-state index contributed by atoms with van der Waals surface area (Å²) in [6, 6.07) is 11.4. The molecule has 5 nitrogen and oxygen atoms in total. The summed E-state index contributed by atoms with van der Waals surface area (Å²) in [5, 5.41) is 5.03. The normalized spacial score (nSPS) is 10.5. The summed E-state index contributed by atoms with van der Waals surface area (Å²) in [4.78, 5) is 30.7. The first kappa shape index (κ1) is 16.1. The van der Waals surface area contributed by atoms with Gasteiger partial charge in [-0.05, 0) is 24.1 Å². The molecular weight excluding hydrogens is 322 g/mol. The fourth-order valence-corrected chi connectivity index (χ4v) is 3.07. The van der Waals surface area contributed by atoms with E-state index in [2.05, 4.69) is 34.3 Å². The molecule has 0 saturated carbocycles. The van der Waals surface area contributed by atoms with Gasteiger partial charge in [-0.2, -0.15) is 0 Å². The average molecular weight is 339 g/mol. The second-order valence-corrected chi connectivity index (χ2v) is 6.21. The summed E-state index contributed by atoms with van der Waals surface area (Å²) < 4.78 is 0. The number of nitrogens with zero attached hydrogens (tertiary/aromatic N) is 1. The molecule has 0 atom stereocenters. The van der Waals surface area contributed by atoms with E-state index < -0.39 is 11.5 Å². The van der Waals surface area contributed by atoms with E-state index in [0.717, 1.165) is 24.1 Å². The van der Waals surface area contributed by atoms with Crippen LogP contribution in [0.3, 0.4) is 0 Å². The van der Waals surface area contributed by atoms with Crippen molar-refractivity contribution >= 4 is 22.4 Å². The Labute approximate surface area is 143 Å². The van der Waals surface area contributed by atoms with Gasteiger partial charge in [-0.25, -0.2) is 4.98 Å². The molecular formula is C18H17N3O2S. The van der Waals surface area contributed by atoms with Gasteiger partial charge in [-0.1, -0.05) is 37.6 Å². The topological polar surface area (TPSA) is 74.8 Å². The maximum absolute atomic E-state index is 12.1. The molecule has 0 aliphatic rings. The molecule has 3 rings (SSSR count). The Balaban J connectivity index is 1.75. The predicted octanol–water partition coefficient (Wildman–Crippen LogP) is 3.70. The molecule has 1 aromatic carbocycles. The largest absolute Gasteiger partial charge is 0.328 e. The lowest BCUT2D eigenvalue weighted by atomic mass is 10.1. The van der Waals surface area contributed by atoms with Gasteiger partial charge < -0.3 is 4.98 Å². The predicted molar refractivity (Wildman–Crippen MR) is 96.6 cm³/mol. The zero-order valence-electron chi connectivity index (χ0n) is 13.2. The average Bonchev–Trinajstić information content (AvgIpc) is 3.04. The van der Waals surface area contributed by atoms with Crippen LogP contribution in [0.2, 0.25) is 0 Å². The van der Waals surface area contributed by atoms with Gasteiger partial charge in [0.05, 0.1) is 5.69 Å². The van der Waals surface area contributed by atoms with E-state index in [9.17, 15) is 9.59 Å². The lowest BCUT2D eigenvalue weighted by molar-refractivity contribution is 0.102. The number of H-pyrrole nitrogens is 1. The summed E-state index contributed by atoms with van der Waals surface area (Å²) in [6.07, 6.45) is 3.66. The molecule has 0 aliphatic heterocycles. The smallest absolute Gasteiger partial charge is 0.263 e. The van der Waals surface area contributed by atoms with Gasteiger partial charge in [-0.15, -0.1) is 11.3 Å². The number of anilines is 1. The molecule has 0 fully saturated rings. The number of benzene rings is 1. The number of carbonyl (C=O) groups is 1. The van der Waals surface area contributed by atoms with Crippen LogP contribution >= 0.6 is 11.3 Å². The molecule has 24 heavy (non-hydrogen) atoms. The highest BCUT2D eigenvalue weighted by Gasteiger charge is 2.12. The molecule has 0 radical (unpaired) electrons. The van der Waals surface area contributed by atoms with Crippen molar-refractivity contribution in [3.05, 3.63) is 69.5 Å². The summed E-state index contributed by atoms with van der Waals surface area (Å²) in [7, 11) is 0. The number of aromatic nitrogens is 2. The minimum atomic E-state index is -0.462. The van der Waals surface area contributed by atoms with Crippen LogP contribution in [0.1, 0.15) is 29.3 Å². The van der Waals surface area contributed by atoms with Gasteiger partial charge in [-0.3, -0.25) is 14.9 Å². The van der Waals surface area contributed by atoms with E-state index in [1.807, 2.05) is 17.5 Å². The second-order valence-electron chi connectivity index (χ2n) is 5.35. The zero-order valence-corrected chi connectivity index (χ0v) is 14.0. The molecule has 0 spiro atoms. The highest BCUT2D eigenvalue weighted by Crippen LogP contribution is 2.25. The van der Waals surface area contributed by atoms with Crippen molar-refractivity contribution < 1.29 is 4.79 Å². The van der Waals surface area contributed by atoms with Crippen molar-refractivity contribution in [3.8, 4) is 11.3 Å². The van der Waals surface area contributed by atoms with Gasteiger partial charge in [0.15, 0.2) is 5.13 Å². The monoisotopic (exact) mass is 339 g/mol. The minimum Gasteiger partial charge on any atom is -0.328 e. The summed E-state index contributed by atoms with van der Waals surface area (Å²) in [5.74, 6) is -0.462. The Morgan fingerprint density at radius 1 is 1.25 bits per heavy atom. The fraction of sp³-hybridized carbons (Fsp3) is 0.167. The Kier molecular flexibility index (Phi) is 4.86. The maximum Gasteiger partial charge on any atom is 0.263 e. The van der Waals surface area contributed by atoms with Crippen LogP contribution in [0, 0.1) is 0 Å². The first-order valence-electron chi connectivity index (χ1n) is 7.71. The number of hydrogen-bond acceptors (Lipinski definition) is 4. The van der Waals surface area contributed by atoms with Crippen LogP contribution in [0.5, 0.6) is 0 Å². The Hall–Kier alpha value is -2.73. The van der Waals surface area contributed by atoms with Crippen LogP contribution in [0.15, 0.2) is 52.8 Å². The van der Waals surface area contributed by atoms with Crippen molar-refractivity contribution in [2.24, 2.45) is 0 Å². The van der Waals surface area contributed by atoms with E-state index in [0.29, 0.717) is 5.13 Å². The van der Waals surface area contributed by atoms with E-state index >= 15 is 0 Å². The third-order valence-corrected chi connectivity index (χ3v) is 4.33. The van der Waals surface area contributed by atoms with Crippen LogP contribution < -0.4 is 10.9 Å². The number of aromatic amines is 1. The van der Waals surface area contributed by atoms with Gasteiger partial charge in [0.25, 0.3) is 11.5 Å². The summed E-state index contributed by atoms with van der Waals surface area (Å²) in [5.41, 5.74) is 2.76. The number of carbonyl (C=O) groups excluding carboxylic acids is 1. The first-order chi connectivity index (χ1) is 11.7. The van der Waals surface area contributed by atoms with Crippen LogP contribution in [0.4, 0.5) is 5.13 Å². The SMILES string of the molecule is CCCc1ccc(-c2csc(NC(=O)c3ccc[nH]c3=O)n2)cc1. The molecule has 2 aromatic heterocycles. The highest BCUT2D eigenvalue weighted by molar-refractivity contribution is 7.14. The molecule has 0 saturated heterocycles. The van der Waals surface area contributed by atoms with Crippen molar-refractivity contribution in [2.45, 2.75) is 19.8 Å². The number of aryl methyl sites for hydroxylation is 1. The third-order valence-electron chi connectivity index (χ3n) is 3.58. The number of thiazole rings is 1. The molecule has 2 heterocycles. The standard InChI is InChI=1S/C18H17N3O2S/c1-2-4-12-6-8-13(9-7-12)15-11-24-18(20-15)21-17(23)14-5-3-10-19-16(14)22/h3,5-11H,2,4H2,1H3,(H,19,22)(H,20,21,23). The lowest BCUT2D eigenvalue weighted by Gasteiger charge is -2.01. The molecule has 2 N–H and O–H groups in total. The Morgan fingerprint density at radius 2 is 2.04 bits per heavy atom. The van der Waals surface area contributed by atoms with Gasteiger partial charge in [0.2, 0.25) is 0 Å². The number of nitrogens with one attached hydrogen (secondary N) is 2. The van der Waals surface area contributed by atoms with Crippen molar-refractivity contribution in [2.75, 3.05) is 5.32 Å². The number of amides is 1. The third kappa shape index (κ3) is 3.60. The van der Waals surface area contributed by atoms with Crippen LogP contribution in [-0.4, -0.2) is 15.9 Å². The summed E-state index contributed by atoms with van der Waals surface area (Å²) in [6.45, 7) is 2.15. The molecule has 0 bridgehead atoms. The molecule has 3 aromatic rings. The minimum absolute atomic E-state index is 0.0677. The van der Waals surface area contributed by atoms with Crippen molar-refractivity contribution in [3.63, 3.8) is 0 Å². The molecule has 0 aliphatic carbocycles. The Morgan fingerprint density at radius 3 is 2.75 bits per heavy atom. The van der Waals surface area contributed by atoms with E-state index in [1.54, 1.807) is 6.07 Å². The number of pyridine rings is 1. The fourth-order valence-electron chi connectivity index (χ4n) is 2.36. The first-order valence-corrected chi connectivity index (χ1v) is 8.59. The Bertz CT molecular complexity index is 897.